The molecular formula is C24H22N2O. The molecule has 27 heavy (non-hydrogen) atoms. The summed E-state index contributed by atoms with van der Waals surface area (Å²) in [6.07, 6.45) is 3.14. The van der Waals surface area contributed by atoms with Crippen LogP contribution in [0.4, 0.5) is 0 Å². The van der Waals surface area contributed by atoms with Gasteiger partial charge in [0.15, 0.2) is 0 Å². The molecule has 0 aliphatic heterocycles. The average Bonchev–Trinajstić information content (AvgIpc) is 3.41. The van der Waals surface area contributed by atoms with Crippen molar-refractivity contribution in [1.82, 2.24) is 5.43 Å². The molecule has 1 amide bonds. The van der Waals surface area contributed by atoms with Gasteiger partial charge in [-0.15, -0.1) is 0 Å². The largest absolute Gasteiger partial charge is 0.273 e. The molecule has 3 nitrogen and oxygen atoms in total. The van der Waals surface area contributed by atoms with E-state index in [-0.39, 0.29) is 11.8 Å². The zero-order valence-corrected chi connectivity index (χ0v) is 15.4. The molecule has 0 heterocycles. The first kappa shape index (κ1) is 16.2. The molecule has 0 bridgehead atoms. The van der Waals surface area contributed by atoms with Gasteiger partial charge in [0.1, 0.15) is 0 Å². The Morgan fingerprint density at radius 1 is 0.963 bits per heavy atom. The maximum absolute atomic E-state index is 12.5. The van der Waals surface area contributed by atoms with E-state index in [1.54, 1.807) is 0 Å². The molecule has 2 aliphatic rings. The molecule has 1 fully saturated rings. The van der Waals surface area contributed by atoms with Crippen LogP contribution in [-0.2, 0) is 17.6 Å². The maximum atomic E-state index is 12.5. The minimum atomic E-state index is 0.0223. The fourth-order valence-electron chi connectivity index (χ4n) is 4.40. The molecule has 0 aromatic heterocycles. The summed E-state index contributed by atoms with van der Waals surface area (Å²) in [5.41, 5.74) is 8.85. The molecule has 1 N–H and O–H groups in total. The Labute approximate surface area is 159 Å². The van der Waals surface area contributed by atoms with Gasteiger partial charge in [-0.05, 0) is 59.6 Å². The Hall–Kier alpha value is -2.94. The molecule has 3 heteroatoms. The van der Waals surface area contributed by atoms with Crippen molar-refractivity contribution in [3.63, 3.8) is 0 Å². The van der Waals surface area contributed by atoms with Gasteiger partial charge in [0.2, 0.25) is 5.91 Å². The van der Waals surface area contributed by atoms with E-state index < -0.39 is 0 Å². The number of hydrogen-bond acceptors (Lipinski definition) is 2. The molecule has 5 rings (SSSR count). The van der Waals surface area contributed by atoms with Crippen LogP contribution in [0, 0.1) is 5.92 Å². The van der Waals surface area contributed by atoms with Crippen molar-refractivity contribution in [2.45, 2.75) is 32.1 Å². The second-order valence-electron chi connectivity index (χ2n) is 7.64. The lowest BCUT2D eigenvalue weighted by Crippen LogP contribution is -2.21. The van der Waals surface area contributed by atoms with Crippen LogP contribution in [0.2, 0.25) is 0 Å². The number of rotatable bonds is 4. The van der Waals surface area contributed by atoms with E-state index in [2.05, 4.69) is 53.0 Å². The van der Waals surface area contributed by atoms with E-state index >= 15 is 0 Å². The quantitative estimate of drug-likeness (QED) is 0.541. The van der Waals surface area contributed by atoms with E-state index in [0.717, 1.165) is 30.5 Å². The van der Waals surface area contributed by atoms with Crippen LogP contribution in [0.5, 0.6) is 0 Å². The smallest absolute Gasteiger partial charge is 0.243 e. The highest BCUT2D eigenvalue weighted by molar-refractivity contribution is 6.11. The number of hydrazone groups is 1. The van der Waals surface area contributed by atoms with Crippen LogP contribution in [0.15, 0.2) is 65.8 Å². The molecule has 0 saturated heterocycles. The summed E-state index contributed by atoms with van der Waals surface area (Å²) in [6.45, 7) is 1.97. The highest BCUT2D eigenvalue weighted by Gasteiger charge is 2.43. The van der Waals surface area contributed by atoms with E-state index in [1.165, 1.54) is 27.5 Å². The third kappa shape index (κ3) is 2.84. The number of aryl methyl sites for hydroxylation is 2. The minimum absolute atomic E-state index is 0.0223. The topological polar surface area (TPSA) is 41.5 Å². The Morgan fingerprint density at radius 2 is 1.74 bits per heavy atom. The second kappa shape index (κ2) is 6.34. The van der Waals surface area contributed by atoms with Crippen LogP contribution in [0.3, 0.4) is 0 Å². The van der Waals surface area contributed by atoms with Gasteiger partial charge in [-0.1, -0.05) is 60.7 Å². The van der Waals surface area contributed by atoms with Gasteiger partial charge in [-0.3, -0.25) is 4.79 Å². The van der Waals surface area contributed by atoms with E-state index in [4.69, 9.17) is 0 Å². The third-order valence-corrected chi connectivity index (χ3v) is 5.96. The molecular weight excluding hydrogens is 332 g/mol. The van der Waals surface area contributed by atoms with Gasteiger partial charge >= 0.3 is 0 Å². The van der Waals surface area contributed by atoms with Gasteiger partial charge in [-0.2, -0.15) is 5.10 Å². The molecule has 2 aliphatic carbocycles. The van der Waals surface area contributed by atoms with Crippen molar-refractivity contribution in [3.05, 3.63) is 82.9 Å². The highest BCUT2D eigenvalue weighted by Crippen LogP contribution is 2.47. The van der Waals surface area contributed by atoms with Gasteiger partial charge in [0.25, 0.3) is 0 Å². The normalized spacial score (nSPS) is 20.7. The number of benzene rings is 3. The predicted octanol–water partition coefficient (Wildman–Crippen LogP) is 4.58. The molecule has 0 unspecified atom stereocenters. The van der Waals surface area contributed by atoms with Crippen molar-refractivity contribution in [1.29, 1.82) is 0 Å². The molecule has 3 aromatic carbocycles. The summed E-state index contributed by atoms with van der Waals surface area (Å²) >= 11 is 0. The summed E-state index contributed by atoms with van der Waals surface area (Å²) in [6, 6.07) is 21.1. The summed E-state index contributed by atoms with van der Waals surface area (Å²) in [5.74, 6) is 0.393. The first-order valence-corrected chi connectivity index (χ1v) is 9.65. The average molecular weight is 354 g/mol. The number of carbonyl (C=O) groups is 1. The second-order valence-corrected chi connectivity index (χ2v) is 7.64. The number of hydrogen-bond donors (Lipinski definition) is 1. The van der Waals surface area contributed by atoms with Gasteiger partial charge < -0.3 is 0 Å². The molecule has 3 aromatic rings. The van der Waals surface area contributed by atoms with Crippen molar-refractivity contribution in [2.24, 2.45) is 11.0 Å². The van der Waals surface area contributed by atoms with Gasteiger partial charge in [-0.25, -0.2) is 5.43 Å². The fourth-order valence-corrected chi connectivity index (χ4v) is 4.40. The Morgan fingerprint density at radius 3 is 2.56 bits per heavy atom. The molecule has 0 spiro atoms. The summed E-state index contributed by atoms with van der Waals surface area (Å²) in [7, 11) is 0. The number of carbonyl (C=O) groups excluding carboxylic acids is 1. The van der Waals surface area contributed by atoms with E-state index in [9.17, 15) is 4.79 Å². The fraction of sp³-hybridized carbons (Fsp3) is 0.250. The number of nitrogens with one attached hydrogen (secondary N) is 1. The molecule has 1 saturated carbocycles. The number of amides is 1. The van der Waals surface area contributed by atoms with Crippen molar-refractivity contribution < 1.29 is 4.79 Å². The summed E-state index contributed by atoms with van der Waals surface area (Å²) in [4.78, 5) is 12.5. The number of nitrogens with zero attached hydrogens (tertiary/aromatic N) is 1. The van der Waals surface area contributed by atoms with Crippen LogP contribution in [-0.4, -0.2) is 11.6 Å². The van der Waals surface area contributed by atoms with E-state index in [1.807, 2.05) is 25.1 Å². The lowest BCUT2D eigenvalue weighted by atomic mass is 9.98. The minimum Gasteiger partial charge on any atom is -0.273 e. The first-order chi connectivity index (χ1) is 13.2. The van der Waals surface area contributed by atoms with Crippen molar-refractivity contribution >= 4 is 22.4 Å². The zero-order valence-electron chi connectivity index (χ0n) is 15.4. The Balaban J connectivity index is 1.35. The lowest BCUT2D eigenvalue weighted by molar-refractivity contribution is -0.122. The van der Waals surface area contributed by atoms with Gasteiger partial charge in [0, 0.05) is 11.5 Å². The highest BCUT2D eigenvalue weighted by atomic mass is 16.2. The van der Waals surface area contributed by atoms with Crippen LogP contribution in [0.25, 0.3) is 10.8 Å². The van der Waals surface area contributed by atoms with Crippen LogP contribution >= 0.6 is 0 Å². The first-order valence-electron chi connectivity index (χ1n) is 9.65. The van der Waals surface area contributed by atoms with Crippen LogP contribution in [0.1, 0.15) is 41.5 Å². The summed E-state index contributed by atoms with van der Waals surface area (Å²) < 4.78 is 0. The Kier molecular flexibility index (Phi) is 3.82. The van der Waals surface area contributed by atoms with Crippen molar-refractivity contribution in [2.75, 3.05) is 0 Å². The third-order valence-electron chi connectivity index (χ3n) is 5.96. The molecule has 0 radical (unpaired) electrons. The van der Waals surface area contributed by atoms with Gasteiger partial charge in [0.05, 0.1) is 5.71 Å². The standard InChI is InChI=1S/C24H22N2O/c1-15(19-13-12-18-11-10-17-8-5-9-20(19)23(17)18)25-26-24(27)22-14-21(22)16-6-3-2-4-7-16/h2-9,12-13,21-22H,10-11,14H2,1H3,(H,26,27)/b25-15-/t21-,22-/m1/s1. The van der Waals surface area contributed by atoms with Crippen LogP contribution < -0.4 is 5.43 Å². The SMILES string of the molecule is C/C(=N/NC(=O)[C@@H]1C[C@@H]1c1ccccc1)c1ccc2c3c(cccc13)CC2. The molecule has 134 valence electrons. The van der Waals surface area contributed by atoms with E-state index in [0.29, 0.717) is 5.92 Å². The maximum Gasteiger partial charge on any atom is 0.243 e. The monoisotopic (exact) mass is 354 g/mol. The zero-order chi connectivity index (χ0) is 18.4. The predicted molar refractivity (Wildman–Crippen MR) is 109 cm³/mol. The molecule has 2 atom stereocenters. The lowest BCUT2D eigenvalue weighted by Gasteiger charge is -2.09. The van der Waals surface area contributed by atoms with Crippen molar-refractivity contribution in [3.8, 4) is 0 Å². The Bertz CT molecular complexity index is 1060. The summed E-state index contributed by atoms with van der Waals surface area (Å²) in [5, 5.41) is 7.05.